The number of hydrogen-bond acceptors (Lipinski definition) is 2. The SMILES string of the molecule is c1ccc2cc(-c3ccc(-c4cc(-c5ccc(N(c6ccc(-c7cccc8c7oc7ccccc78)cc6)c6cc7ccccc7c7ccccc67)cc5)c5ccccc5c4)cc3)ccc2c1. The number of hydrogen-bond donors (Lipinski definition) is 0. The van der Waals surface area contributed by atoms with Crippen LogP contribution < -0.4 is 4.90 Å². The molecule has 1 heterocycles. The van der Waals surface area contributed by atoms with Crippen LogP contribution in [0.15, 0.2) is 253 Å². The summed E-state index contributed by atoms with van der Waals surface area (Å²) < 4.78 is 6.47. The summed E-state index contributed by atoms with van der Waals surface area (Å²) in [6, 6.07) is 90.4. The molecule has 0 bridgehead atoms. The molecule has 13 aromatic rings. The second kappa shape index (κ2) is 15.5. The van der Waals surface area contributed by atoms with E-state index < -0.39 is 0 Å². The minimum absolute atomic E-state index is 0.903. The van der Waals surface area contributed by atoms with E-state index in [-0.39, 0.29) is 0 Å². The fourth-order valence-corrected chi connectivity index (χ4v) is 10.1. The number of benzene rings is 12. The van der Waals surface area contributed by atoms with Crippen molar-refractivity contribution in [1.29, 1.82) is 0 Å². The minimum atomic E-state index is 0.903. The number of anilines is 3. The summed E-state index contributed by atoms with van der Waals surface area (Å²) in [5.41, 5.74) is 14.5. The van der Waals surface area contributed by atoms with Crippen LogP contribution in [0.1, 0.15) is 0 Å². The van der Waals surface area contributed by atoms with Crippen LogP contribution >= 0.6 is 0 Å². The summed E-state index contributed by atoms with van der Waals surface area (Å²) in [6.07, 6.45) is 0. The Hall–Kier alpha value is -8.72. The Morgan fingerprint density at radius 1 is 0.258 bits per heavy atom. The molecule has 0 amide bonds. The fraction of sp³-hybridized carbons (Fsp3) is 0. The van der Waals surface area contributed by atoms with E-state index in [1.54, 1.807) is 0 Å². The largest absolute Gasteiger partial charge is 0.455 e. The molecule has 0 aliphatic heterocycles. The summed E-state index contributed by atoms with van der Waals surface area (Å²) >= 11 is 0. The molecule has 12 aromatic carbocycles. The molecule has 0 aliphatic rings. The second-order valence-corrected chi connectivity index (χ2v) is 17.3. The van der Waals surface area contributed by atoms with Crippen LogP contribution in [0.3, 0.4) is 0 Å². The molecule has 0 unspecified atom stereocenters. The Morgan fingerprint density at radius 3 is 1.48 bits per heavy atom. The standard InChI is InChI=1S/C64H41NO/c1-2-13-47-38-48(29-28-42(47)12-1)43-24-26-44(27-25-43)51-39-49-14-3-6-17-55(49)61(40-51)46-32-36-53(37-33-46)65(62-41-50-15-4-5-16-54(50)57-18-7-8-19-58(57)62)52-34-30-45(31-35-52)56-21-11-22-60-59-20-9-10-23-63(59)66-64(56)60/h1-41H. The first-order valence-electron chi connectivity index (χ1n) is 22.6. The van der Waals surface area contributed by atoms with Gasteiger partial charge in [0, 0.05) is 33.1 Å². The maximum absolute atomic E-state index is 6.47. The van der Waals surface area contributed by atoms with E-state index in [1.807, 2.05) is 12.1 Å². The second-order valence-electron chi connectivity index (χ2n) is 17.3. The van der Waals surface area contributed by atoms with Gasteiger partial charge in [0.15, 0.2) is 0 Å². The molecule has 0 saturated carbocycles. The van der Waals surface area contributed by atoms with Crippen LogP contribution in [0.25, 0.3) is 110 Å². The van der Waals surface area contributed by atoms with Crippen molar-refractivity contribution in [3.8, 4) is 44.5 Å². The maximum atomic E-state index is 6.47. The normalized spacial score (nSPS) is 11.6. The summed E-state index contributed by atoms with van der Waals surface area (Å²) in [5.74, 6) is 0. The van der Waals surface area contributed by atoms with E-state index in [0.29, 0.717) is 0 Å². The van der Waals surface area contributed by atoms with Gasteiger partial charge in [-0.1, -0.05) is 194 Å². The molecule has 0 aliphatic carbocycles. The van der Waals surface area contributed by atoms with Crippen LogP contribution in [0.5, 0.6) is 0 Å². The molecule has 0 atom stereocenters. The van der Waals surface area contributed by atoms with E-state index in [4.69, 9.17) is 4.42 Å². The number of para-hydroxylation sites is 2. The molecule has 0 N–H and O–H groups in total. The topological polar surface area (TPSA) is 16.4 Å². The maximum Gasteiger partial charge on any atom is 0.143 e. The highest BCUT2D eigenvalue weighted by atomic mass is 16.3. The van der Waals surface area contributed by atoms with Crippen molar-refractivity contribution in [2.75, 3.05) is 4.90 Å². The van der Waals surface area contributed by atoms with Crippen LogP contribution in [-0.2, 0) is 0 Å². The molecule has 0 saturated heterocycles. The quantitative estimate of drug-likeness (QED) is 0.149. The van der Waals surface area contributed by atoms with Gasteiger partial charge < -0.3 is 9.32 Å². The molecular formula is C64H41NO. The average Bonchev–Trinajstić information content (AvgIpc) is 3.78. The zero-order chi connectivity index (χ0) is 43.6. The Bertz CT molecular complexity index is 3970. The predicted octanol–water partition coefficient (Wildman–Crippen LogP) is 18.3. The van der Waals surface area contributed by atoms with Gasteiger partial charge in [0.05, 0.1) is 5.69 Å². The molecule has 2 nitrogen and oxygen atoms in total. The molecule has 66 heavy (non-hydrogen) atoms. The Balaban J connectivity index is 0.913. The first-order chi connectivity index (χ1) is 32.7. The third-order valence-electron chi connectivity index (χ3n) is 13.4. The third kappa shape index (κ3) is 6.42. The highest BCUT2D eigenvalue weighted by Crippen LogP contribution is 2.44. The van der Waals surface area contributed by atoms with Crippen molar-refractivity contribution in [3.05, 3.63) is 249 Å². The predicted molar refractivity (Wildman–Crippen MR) is 280 cm³/mol. The van der Waals surface area contributed by atoms with E-state index in [9.17, 15) is 0 Å². The first-order valence-corrected chi connectivity index (χ1v) is 22.6. The van der Waals surface area contributed by atoms with Gasteiger partial charge in [-0.25, -0.2) is 0 Å². The molecule has 1 aromatic heterocycles. The van der Waals surface area contributed by atoms with Crippen molar-refractivity contribution in [2.45, 2.75) is 0 Å². The molecule has 2 heteroatoms. The molecule has 0 fully saturated rings. The molecule has 0 radical (unpaired) electrons. The van der Waals surface area contributed by atoms with Gasteiger partial charge >= 0.3 is 0 Å². The number of nitrogens with zero attached hydrogens (tertiary/aromatic N) is 1. The van der Waals surface area contributed by atoms with Crippen LogP contribution in [-0.4, -0.2) is 0 Å². The van der Waals surface area contributed by atoms with Crippen molar-refractivity contribution in [1.82, 2.24) is 0 Å². The summed E-state index contributed by atoms with van der Waals surface area (Å²) in [4.78, 5) is 2.41. The van der Waals surface area contributed by atoms with Gasteiger partial charge in [-0.15, -0.1) is 0 Å². The van der Waals surface area contributed by atoms with Crippen LogP contribution in [0, 0.1) is 0 Å². The van der Waals surface area contributed by atoms with Crippen molar-refractivity contribution in [2.24, 2.45) is 0 Å². The lowest BCUT2D eigenvalue weighted by molar-refractivity contribution is 0.670. The summed E-state index contributed by atoms with van der Waals surface area (Å²) in [7, 11) is 0. The smallest absolute Gasteiger partial charge is 0.143 e. The minimum Gasteiger partial charge on any atom is -0.455 e. The highest BCUT2D eigenvalue weighted by Gasteiger charge is 2.19. The number of fused-ring (bicyclic) bond motifs is 8. The van der Waals surface area contributed by atoms with Gasteiger partial charge in [-0.05, 0) is 131 Å². The Kier molecular flexibility index (Phi) is 8.89. The third-order valence-corrected chi connectivity index (χ3v) is 13.4. The zero-order valence-electron chi connectivity index (χ0n) is 36.0. The van der Waals surface area contributed by atoms with Gasteiger partial charge in [-0.2, -0.15) is 0 Å². The van der Waals surface area contributed by atoms with Crippen LogP contribution in [0.4, 0.5) is 17.1 Å². The lowest BCUT2D eigenvalue weighted by Crippen LogP contribution is -2.10. The number of furan rings is 1. The lowest BCUT2D eigenvalue weighted by atomic mass is 9.92. The first kappa shape index (κ1) is 37.8. The van der Waals surface area contributed by atoms with E-state index >= 15 is 0 Å². The van der Waals surface area contributed by atoms with Crippen molar-refractivity contribution < 1.29 is 4.42 Å². The number of rotatable bonds is 7. The lowest BCUT2D eigenvalue weighted by Gasteiger charge is -2.28. The van der Waals surface area contributed by atoms with Crippen molar-refractivity contribution in [3.63, 3.8) is 0 Å². The molecule has 0 spiro atoms. The average molecular weight is 840 g/mol. The van der Waals surface area contributed by atoms with Gasteiger partial charge in [0.1, 0.15) is 11.2 Å². The van der Waals surface area contributed by atoms with Gasteiger partial charge in [-0.3, -0.25) is 0 Å². The van der Waals surface area contributed by atoms with E-state index in [0.717, 1.165) is 50.1 Å². The highest BCUT2D eigenvalue weighted by molar-refractivity contribution is 6.15. The van der Waals surface area contributed by atoms with E-state index in [1.165, 1.54) is 76.5 Å². The fourth-order valence-electron chi connectivity index (χ4n) is 10.1. The summed E-state index contributed by atoms with van der Waals surface area (Å²) in [6.45, 7) is 0. The zero-order valence-corrected chi connectivity index (χ0v) is 36.0. The van der Waals surface area contributed by atoms with Crippen LogP contribution in [0.2, 0.25) is 0 Å². The molecule has 308 valence electrons. The Morgan fingerprint density at radius 2 is 0.758 bits per heavy atom. The van der Waals surface area contributed by atoms with Gasteiger partial charge in [0.25, 0.3) is 0 Å². The van der Waals surface area contributed by atoms with Crippen molar-refractivity contribution >= 4 is 82.1 Å². The molecular weight excluding hydrogens is 799 g/mol. The molecule has 13 rings (SSSR count). The Labute approximate surface area is 382 Å². The summed E-state index contributed by atoms with van der Waals surface area (Å²) in [5, 5.41) is 12.1. The van der Waals surface area contributed by atoms with E-state index in [2.05, 4.69) is 241 Å². The monoisotopic (exact) mass is 839 g/mol. The van der Waals surface area contributed by atoms with Gasteiger partial charge in [0.2, 0.25) is 0 Å².